The Morgan fingerprint density at radius 2 is 1.88 bits per heavy atom. The van der Waals surface area contributed by atoms with E-state index in [2.05, 4.69) is 4.90 Å². The number of furan rings is 1. The molecule has 0 spiro atoms. The summed E-state index contributed by atoms with van der Waals surface area (Å²) in [6, 6.07) is 17.8. The van der Waals surface area contributed by atoms with Crippen molar-refractivity contribution in [2.24, 2.45) is 4.99 Å². The molecular formula is C31H27N3O7S. The van der Waals surface area contributed by atoms with Crippen LogP contribution in [-0.4, -0.2) is 50.2 Å². The Hall–Kier alpha value is -4.61. The number of thiazole rings is 1. The fourth-order valence-electron chi connectivity index (χ4n) is 5.34. The molecule has 7 rings (SSSR count). The van der Waals surface area contributed by atoms with Crippen molar-refractivity contribution in [1.29, 1.82) is 0 Å². The number of aromatic nitrogens is 1. The molecule has 0 radical (unpaired) electrons. The van der Waals surface area contributed by atoms with Gasteiger partial charge in [0, 0.05) is 30.8 Å². The number of fused-ring (bicyclic) bond motifs is 2. The zero-order valence-corrected chi connectivity index (χ0v) is 23.6. The van der Waals surface area contributed by atoms with Crippen molar-refractivity contribution in [3.63, 3.8) is 0 Å². The van der Waals surface area contributed by atoms with E-state index >= 15 is 0 Å². The van der Waals surface area contributed by atoms with Crippen LogP contribution in [0.5, 0.6) is 11.5 Å². The van der Waals surface area contributed by atoms with Gasteiger partial charge in [0.2, 0.25) is 6.79 Å². The highest BCUT2D eigenvalue weighted by Crippen LogP contribution is 2.40. The number of nitrogens with zero attached hydrogens (tertiary/aromatic N) is 3. The molecule has 0 N–H and O–H groups in total. The number of carbonyl (C=O) groups is 1. The predicted octanol–water partition coefficient (Wildman–Crippen LogP) is 3.09. The van der Waals surface area contributed by atoms with Gasteiger partial charge in [-0.05, 0) is 30.7 Å². The lowest BCUT2D eigenvalue weighted by Crippen LogP contribution is -2.40. The summed E-state index contributed by atoms with van der Waals surface area (Å²) >= 11 is 1.24. The average Bonchev–Trinajstić information content (AvgIpc) is 3.76. The van der Waals surface area contributed by atoms with E-state index in [9.17, 15) is 9.59 Å². The van der Waals surface area contributed by atoms with Crippen LogP contribution in [0.1, 0.15) is 29.9 Å². The second kappa shape index (κ2) is 11.0. The summed E-state index contributed by atoms with van der Waals surface area (Å²) in [6.07, 6.45) is 1.72. The van der Waals surface area contributed by atoms with Crippen LogP contribution in [0, 0.1) is 0 Å². The van der Waals surface area contributed by atoms with Crippen LogP contribution in [0.25, 0.3) is 11.8 Å². The number of benzene rings is 2. The monoisotopic (exact) mass is 585 g/mol. The van der Waals surface area contributed by atoms with Gasteiger partial charge in [0.05, 0.1) is 41.7 Å². The second-order valence-corrected chi connectivity index (χ2v) is 10.8. The van der Waals surface area contributed by atoms with Crippen molar-refractivity contribution < 1.29 is 28.2 Å². The van der Waals surface area contributed by atoms with E-state index in [0.717, 1.165) is 24.5 Å². The molecule has 1 unspecified atom stereocenters. The van der Waals surface area contributed by atoms with Crippen LogP contribution in [-0.2, 0) is 14.3 Å². The molecule has 1 atom stereocenters. The third kappa shape index (κ3) is 4.70. The highest BCUT2D eigenvalue weighted by molar-refractivity contribution is 7.07. The number of carbonyl (C=O) groups excluding carboxylic acids is 1. The Bertz CT molecular complexity index is 1870. The Morgan fingerprint density at radius 1 is 1.07 bits per heavy atom. The van der Waals surface area contributed by atoms with E-state index in [1.807, 2.05) is 48.5 Å². The van der Waals surface area contributed by atoms with E-state index < -0.39 is 12.0 Å². The normalized spacial score (nSPS) is 18.2. The van der Waals surface area contributed by atoms with Crippen molar-refractivity contribution in [3.8, 4) is 11.5 Å². The Morgan fingerprint density at radius 3 is 2.69 bits per heavy atom. The molecule has 1 fully saturated rings. The lowest BCUT2D eigenvalue weighted by Gasteiger charge is -2.26. The molecule has 2 aromatic carbocycles. The van der Waals surface area contributed by atoms with Crippen LogP contribution in [0.4, 0.5) is 5.88 Å². The molecule has 1 saturated heterocycles. The van der Waals surface area contributed by atoms with Crippen LogP contribution >= 0.6 is 11.3 Å². The molecule has 0 bridgehead atoms. The largest absolute Gasteiger partial charge is 0.463 e. The molecule has 11 heteroatoms. The van der Waals surface area contributed by atoms with Crippen LogP contribution in [0.2, 0.25) is 0 Å². The number of ether oxygens (including phenoxy) is 4. The molecule has 0 aliphatic carbocycles. The van der Waals surface area contributed by atoms with Crippen LogP contribution in [0.15, 0.2) is 80.4 Å². The summed E-state index contributed by atoms with van der Waals surface area (Å²) in [5.74, 6) is 1.88. The molecule has 2 aromatic heterocycles. The quantitative estimate of drug-likeness (QED) is 0.318. The van der Waals surface area contributed by atoms with Gasteiger partial charge >= 0.3 is 5.97 Å². The van der Waals surface area contributed by atoms with E-state index in [-0.39, 0.29) is 24.5 Å². The smallest absolute Gasteiger partial charge is 0.338 e. The maximum Gasteiger partial charge on any atom is 0.338 e. The van der Waals surface area contributed by atoms with E-state index in [4.69, 9.17) is 28.4 Å². The summed E-state index contributed by atoms with van der Waals surface area (Å²) in [5.41, 5.74) is 1.85. The molecule has 4 aromatic rings. The number of morpholine rings is 1. The number of hydrogen-bond donors (Lipinski definition) is 0. The van der Waals surface area contributed by atoms with Crippen LogP contribution in [0.3, 0.4) is 0 Å². The number of anilines is 1. The number of rotatable bonds is 6. The van der Waals surface area contributed by atoms with Crippen molar-refractivity contribution in [2.45, 2.75) is 13.0 Å². The zero-order chi connectivity index (χ0) is 28.6. The third-order valence-electron chi connectivity index (χ3n) is 7.29. The second-order valence-electron chi connectivity index (χ2n) is 9.82. The summed E-state index contributed by atoms with van der Waals surface area (Å²) in [6.45, 7) is 4.79. The minimum Gasteiger partial charge on any atom is -0.463 e. The average molecular weight is 586 g/mol. The summed E-state index contributed by atoms with van der Waals surface area (Å²) < 4.78 is 30.2. The standard InChI is InChI=1S/C31H27N3O7S/c1-2-38-30(36)26-27(19-6-4-3-5-7-19)32-31-34(28(26)20-8-10-22-23(16-20)40-18-39-22)29(35)24(42-31)17-21-9-11-25(41-21)33-12-14-37-15-13-33/h3-11,16-17,28H,2,12-15,18H2,1H3/b24-17+. The lowest BCUT2D eigenvalue weighted by atomic mass is 9.93. The zero-order valence-electron chi connectivity index (χ0n) is 22.8. The summed E-state index contributed by atoms with van der Waals surface area (Å²) in [7, 11) is 0. The van der Waals surface area contributed by atoms with E-state index in [1.165, 1.54) is 11.3 Å². The lowest BCUT2D eigenvalue weighted by molar-refractivity contribution is -0.138. The van der Waals surface area contributed by atoms with Crippen molar-refractivity contribution in [2.75, 3.05) is 44.6 Å². The molecule has 0 amide bonds. The molecule has 214 valence electrons. The fourth-order valence-corrected chi connectivity index (χ4v) is 6.32. The van der Waals surface area contributed by atoms with Gasteiger partial charge in [-0.15, -0.1) is 0 Å². The van der Waals surface area contributed by atoms with Crippen molar-refractivity contribution in [1.82, 2.24) is 4.57 Å². The first-order valence-corrected chi connectivity index (χ1v) is 14.5. The molecular weight excluding hydrogens is 558 g/mol. The molecule has 3 aliphatic heterocycles. The maximum atomic E-state index is 14.1. The van der Waals surface area contributed by atoms with Gasteiger partial charge in [-0.2, -0.15) is 0 Å². The van der Waals surface area contributed by atoms with Crippen molar-refractivity contribution >= 4 is 35.0 Å². The third-order valence-corrected chi connectivity index (χ3v) is 8.28. The van der Waals surface area contributed by atoms with E-state index in [1.54, 1.807) is 29.7 Å². The first-order valence-electron chi connectivity index (χ1n) is 13.7. The summed E-state index contributed by atoms with van der Waals surface area (Å²) in [5, 5.41) is 0. The minimum absolute atomic E-state index is 0.104. The van der Waals surface area contributed by atoms with Crippen molar-refractivity contribution in [3.05, 3.63) is 103 Å². The molecule has 0 saturated carbocycles. The van der Waals surface area contributed by atoms with Gasteiger partial charge < -0.3 is 28.3 Å². The maximum absolute atomic E-state index is 14.1. The van der Waals surface area contributed by atoms with Gasteiger partial charge in [-0.25, -0.2) is 9.79 Å². The summed E-state index contributed by atoms with van der Waals surface area (Å²) in [4.78, 5) is 35.2. The first kappa shape index (κ1) is 26.3. The molecule has 3 aliphatic rings. The van der Waals surface area contributed by atoms with Gasteiger partial charge in [-0.1, -0.05) is 47.7 Å². The predicted molar refractivity (Wildman–Crippen MR) is 155 cm³/mol. The number of esters is 1. The van der Waals surface area contributed by atoms with E-state index in [0.29, 0.717) is 51.1 Å². The first-order chi connectivity index (χ1) is 20.6. The van der Waals surface area contributed by atoms with Crippen LogP contribution < -0.4 is 29.3 Å². The molecule has 42 heavy (non-hydrogen) atoms. The fraction of sp³-hybridized carbons (Fsp3) is 0.258. The Kier molecular flexibility index (Phi) is 6.88. The minimum atomic E-state index is -0.812. The van der Waals surface area contributed by atoms with Gasteiger partial charge in [-0.3, -0.25) is 9.36 Å². The Balaban J connectivity index is 1.42. The Labute approximate surface area is 244 Å². The van der Waals surface area contributed by atoms with Gasteiger partial charge in [0.15, 0.2) is 22.2 Å². The topological polar surface area (TPSA) is 105 Å². The van der Waals surface area contributed by atoms with Gasteiger partial charge in [0.1, 0.15) is 5.76 Å². The highest BCUT2D eigenvalue weighted by atomic mass is 32.1. The highest BCUT2D eigenvalue weighted by Gasteiger charge is 2.36. The number of hydrogen-bond acceptors (Lipinski definition) is 10. The molecule has 10 nitrogen and oxygen atoms in total. The molecule has 5 heterocycles. The van der Waals surface area contributed by atoms with Gasteiger partial charge in [0.25, 0.3) is 5.56 Å². The SMILES string of the molecule is CCOC(=O)C1=C(c2ccccc2)N=c2s/c(=C/c3ccc(N4CCOCC4)o3)c(=O)n2C1c1ccc2c(c1)OCO2.